The van der Waals surface area contributed by atoms with Crippen LogP contribution in [-0.4, -0.2) is 89.8 Å². The molecule has 3 aromatic carbocycles. The van der Waals surface area contributed by atoms with Crippen molar-refractivity contribution in [1.29, 1.82) is 5.26 Å². The number of carbonyl (C=O) groups is 4. The number of ketones is 1. The first-order valence-electron chi connectivity index (χ1n) is 19.1. The van der Waals surface area contributed by atoms with Crippen LogP contribution >= 0.6 is 12.2 Å². The van der Waals surface area contributed by atoms with Gasteiger partial charge in [-0.3, -0.25) is 39.2 Å². The lowest BCUT2D eigenvalue weighted by atomic mass is 9.90. The van der Waals surface area contributed by atoms with E-state index in [1.54, 1.807) is 0 Å². The maximum absolute atomic E-state index is 15.1. The number of imide groups is 1. The van der Waals surface area contributed by atoms with E-state index in [1.165, 1.54) is 43.0 Å². The van der Waals surface area contributed by atoms with Gasteiger partial charge in [-0.25, -0.2) is 8.78 Å². The van der Waals surface area contributed by atoms with Crippen LogP contribution in [0.4, 0.5) is 33.3 Å². The summed E-state index contributed by atoms with van der Waals surface area (Å²) >= 11 is 5.58. The van der Waals surface area contributed by atoms with Crippen LogP contribution in [0.15, 0.2) is 60.7 Å². The highest BCUT2D eigenvalue weighted by Gasteiger charge is 2.51. The predicted molar refractivity (Wildman–Crippen MR) is 212 cm³/mol. The molecular weight excluding hydrogens is 796 g/mol. The summed E-state index contributed by atoms with van der Waals surface area (Å²) in [5.74, 6) is -4.91. The van der Waals surface area contributed by atoms with Crippen LogP contribution in [-0.2, 0) is 44.1 Å². The highest BCUT2D eigenvalue weighted by atomic mass is 32.1. The molecule has 11 nitrogen and oxygen atoms in total. The molecule has 0 bridgehead atoms. The van der Waals surface area contributed by atoms with Gasteiger partial charge >= 0.3 is 6.18 Å². The molecule has 6 rings (SSSR count). The highest BCUT2D eigenvalue weighted by molar-refractivity contribution is 7.81. The number of amides is 3. The second-order valence-corrected chi connectivity index (χ2v) is 15.9. The van der Waals surface area contributed by atoms with E-state index in [1.807, 2.05) is 24.3 Å². The Morgan fingerprint density at radius 1 is 0.932 bits per heavy atom. The van der Waals surface area contributed by atoms with Crippen molar-refractivity contribution < 1.29 is 45.9 Å². The Bertz CT molecular complexity index is 2190. The Labute approximate surface area is 343 Å². The lowest BCUT2D eigenvalue weighted by molar-refractivity contribution is -0.138. The summed E-state index contributed by atoms with van der Waals surface area (Å²) in [7, 11) is 0. The molecule has 3 aliphatic heterocycles. The fourth-order valence-electron chi connectivity index (χ4n) is 7.66. The van der Waals surface area contributed by atoms with Gasteiger partial charge in [0.1, 0.15) is 17.9 Å². The Balaban J connectivity index is 1.03. The van der Waals surface area contributed by atoms with Gasteiger partial charge in [-0.2, -0.15) is 18.4 Å². The van der Waals surface area contributed by atoms with Crippen molar-refractivity contribution in [2.45, 2.75) is 64.1 Å². The van der Waals surface area contributed by atoms with Crippen molar-refractivity contribution in [3.63, 3.8) is 0 Å². The van der Waals surface area contributed by atoms with Crippen LogP contribution in [0.3, 0.4) is 0 Å². The monoisotopic (exact) mass is 838 g/mol. The van der Waals surface area contributed by atoms with Crippen molar-refractivity contribution in [3.05, 3.63) is 88.5 Å². The number of ether oxygens (including phenoxy) is 1. The number of benzene rings is 3. The molecule has 0 radical (unpaired) electrons. The van der Waals surface area contributed by atoms with Gasteiger partial charge in [0, 0.05) is 64.1 Å². The van der Waals surface area contributed by atoms with E-state index in [0.717, 1.165) is 28.2 Å². The van der Waals surface area contributed by atoms with Crippen molar-refractivity contribution >= 4 is 52.2 Å². The number of rotatable bonds is 13. The Morgan fingerprint density at radius 2 is 1.59 bits per heavy atom. The number of piperazine rings is 1. The van der Waals surface area contributed by atoms with Crippen LogP contribution in [0.5, 0.6) is 5.75 Å². The third-order valence-corrected chi connectivity index (χ3v) is 11.2. The first kappa shape index (κ1) is 43.3. The molecule has 3 fully saturated rings. The highest BCUT2D eigenvalue weighted by Crippen LogP contribution is 2.43. The van der Waals surface area contributed by atoms with E-state index in [9.17, 15) is 37.6 Å². The van der Waals surface area contributed by atoms with Gasteiger partial charge in [0.2, 0.25) is 11.8 Å². The molecule has 3 saturated heterocycles. The van der Waals surface area contributed by atoms with Crippen LogP contribution in [0.2, 0.25) is 0 Å². The normalized spacial score (nSPS) is 19.2. The molecular formula is C42H43F5N6O5S. The summed E-state index contributed by atoms with van der Waals surface area (Å²) in [6.07, 6.45) is -3.33. The van der Waals surface area contributed by atoms with Crippen molar-refractivity contribution in [2.75, 3.05) is 55.7 Å². The van der Waals surface area contributed by atoms with E-state index in [-0.39, 0.29) is 65.3 Å². The van der Waals surface area contributed by atoms with E-state index in [4.69, 9.17) is 17.0 Å². The van der Waals surface area contributed by atoms with Crippen LogP contribution in [0, 0.1) is 17.2 Å². The summed E-state index contributed by atoms with van der Waals surface area (Å²) in [5, 5.41) is 11.4. The first-order valence-corrected chi connectivity index (χ1v) is 19.5. The molecule has 0 aromatic heterocycles. The van der Waals surface area contributed by atoms with Crippen molar-refractivity contribution in [1.82, 2.24) is 15.1 Å². The number of Topliss-reactive ketones (excluding diaryl/α,β-unsaturated/α-hetero) is 1. The number of thiocarbonyl (C=S) groups is 1. The molecule has 17 heteroatoms. The summed E-state index contributed by atoms with van der Waals surface area (Å²) in [6, 6.07) is 15.8. The number of piperidine rings is 1. The van der Waals surface area contributed by atoms with Crippen LogP contribution in [0.1, 0.15) is 61.4 Å². The molecule has 3 heterocycles. The first-order chi connectivity index (χ1) is 27.8. The molecule has 0 aliphatic carbocycles. The number of nitrogens with one attached hydrogen (secondary N) is 1. The molecule has 3 amide bonds. The second-order valence-electron chi connectivity index (χ2n) is 15.6. The van der Waals surface area contributed by atoms with Gasteiger partial charge in [-0.1, -0.05) is 24.3 Å². The van der Waals surface area contributed by atoms with Crippen molar-refractivity contribution in [3.8, 4) is 11.8 Å². The number of halogens is 5. The van der Waals surface area contributed by atoms with E-state index in [2.05, 4.69) is 15.1 Å². The van der Waals surface area contributed by atoms with Gasteiger partial charge in [0.15, 0.2) is 10.9 Å². The molecule has 3 aliphatic rings. The van der Waals surface area contributed by atoms with Gasteiger partial charge in [-0.15, -0.1) is 0 Å². The average Bonchev–Trinajstić information content (AvgIpc) is 3.34. The molecule has 59 heavy (non-hydrogen) atoms. The topological polar surface area (TPSA) is 126 Å². The quantitative estimate of drug-likeness (QED) is 0.124. The number of hydrogen-bond donors (Lipinski definition) is 1. The zero-order chi connectivity index (χ0) is 42.9. The largest absolute Gasteiger partial charge is 0.492 e. The minimum absolute atomic E-state index is 0.0522. The predicted octanol–water partition coefficient (Wildman–Crippen LogP) is 6.01. The van der Waals surface area contributed by atoms with Gasteiger partial charge < -0.3 is 9.64 Å². The van der Waals surface area contributed by atoms with E-state index < -0.39 is 40.2 Å². The molecule has 3 aromatic rings. The Hall–Kier alpha value is -5.31. The smallest absolute Gasteiger partial charge is 0.417 e. The SMILES string of the molecule is CC(F)(F)c1cc(N2C(=S)N(c3ccc(C#N)c(C(F)(F)F)c3)C(=O)C2(C)C)ccc1OCCN1CCN(CC(=O)Cc2cccc(CC3CCC(=O)NC3=O)c2)CC1. The maximum atomic E-state index is 15.1. The minimum Gasteiger partial charge on any atom is -0.492 e. The fraction of sp³-hybridized carbons (Fsp3) is 0.429. The lowest BCUT2D eigenvalue weighted by Gasteiger charge is -2.34. The second kappa shape index (κ2) is 17.1. The zero-order valence-electron chi connectivity index (χ0n) is 32.7. The molecule has 1 atom stereocenters. The number of nitriles is 1. The molecule has 0 spiro atoms. The number of nitrogens with zero attached hydrogens (tertiary/aromatic N) is 5. The summed E-state index contributed by atoms with van der Waals surface area (Å²) in [4.78, 5) is 56.7. The number of anilines is 2. The Kier molecular flexibility index (Phi) is 12.6. The standard InChI is InChI=1S/C42H43F5N6O5S/c1-40(2)38(57)52(30-9-7-29(24-48)33(22-30)42(45,46)47)39(59)53(40)31-10-11-35(34(23-31)41(3,43)44)58-18-17-50-13-15-51(16-14-50)25-32(54)21-27-6-4-5-26(19-27)20-28-8-12-36(55)49-37(28)56/h4-7,9-11,19,22-23,28H,8,12-18,20-21,25H2,1-3H3,(H,49,55,56). The number of alkyl halides is 5. The zero-order valence-corrected chi connectivity index (χ0v) is 33.5. The third kappa shape index (κ3) is 9.77. The van der Waals surface area contributed by atoms with Crippen LogP contribution < -0.4 is 19.9 Å². The Morgan fingerprint density at radius 3 is 2.25 bits per heavy atom. The third-order valence-electron chi connectivity index (χ3n) is 10.8. The number of carbonyl (C=O) groups excluding carboxylic acids is 4. The minimum atomic E-state index is -4.88. The molecule has 312 valence electrons. The van der Waals surface area contributed by atoms with Gasteiger partial charge in [0.05, 0.1) is 35.0 Å². The molecule has 0 saturated carbocycles. The van der Waals surface area contributed by atoms with Crippen molar-refractivity contribution in [2.24, 2.45) is 5.92 Å². The average molecular weight is 839 g/mol. The summed E-state index contributed by atoms with van der Waals surface area (Å²) in [6.45, 7) is 6.94. The summed E-state index contributed by atoms with van der Waals surface area (Å²) in [5.41, 5.74) is -2.15. The fourth-order valence-corrected chi connectivity index (χ4v) is 8.18. The van der Waals surface area contributed by atoms with Gasteiger partial charge in [0.25, 0.3) is 11.8 Å². The lowest BCUT2D eigenvalue weighted by Crippen LogP contribution is -2.49. The van der Waals surface area contributed by atoms with Gasteiger partial charge in [-0.05, 0) is 86.4 Å². The maximum Gasteiger partial charge on any atom is 0.417 e. The number of hydrogen-bond acceptors (Lipinski definition) is 9. The van der Waals surface area contributed by atoms with E-state index in [0.29, 0.717) is 65.0 Å². The molecule has 1 unspecified atom stereocenters. The van der Waals surface area contributed by atoms with Crippen LogP contribution in [0.25, 0.3) is 0 Å². The van der Waals surface area contributed by atoms with E-state index >= 15 is 8.78 Å². The summed E-state index contributed by atoms with van der Waals surface area (Å²) < 4.78 is 77.4. The molecule has 1 N–H and O–H groups in total.